The first-order valence-electron chi connectivity index (χ1n) is 5.95. The van der Waals surface area contributed by atoms with Crippen LogP contribution >= 0.6 is 11.8 Å². The normalized spacial score (nSPS) is 9.60. The van der Waals surface area contributed by atoms with Crippen LogP contribution in [0.1, 0.15) is 15.9 Å². The van der Waals surface area contributed by atoms with E-state index in [1.54, 1.807) is 30.8 Å². The third-order valence-corrected chi connectivity index (χ3v) is 3.39. The number of urea groups is 1. The summed E-state index contributed by atoms with van der Waals surface area (Å²) in [6.45, 7) is 2.15. The molecule has 1 aromatic carbocycles. The van der Waals surface area contributed by atoms with Crippen molar-refractivity contribution in [2.24, 2.45) is 0 Å². The molecule has 0 bridgehead atoms. The zero-order valence-corrected chi connectivity index (χ0v) is 11.9. The van der Waals surface area contributed by atoms with E-state index in [0.717, 1.165) is 5.75 Å². The third-order valence-electron chi connectivity index (χ3n) is 2.53. The second kappa shape index (κ2) is 8.12. The number of hydrogen-bond donors (Lipinski definition) is 3. The van der Waals surface area contributed by atoms with Crippen molar-refractivity contribution in [2.45, 2.75) is 6.92 Å². The van der Waals surface area contributed by atoms with Gasteiger partial charge in [-0.05, 0) is 24.6 Å². The molecule has 0 saturated carbocycles. The number of nitrogens with one attached hydrogen (secondary N) is 2. The molecule has 0 unspecified atom stereocenters. The standard InChI is InChI=1S/C14H16N2O3S/c1-3-8-20-9-7-15-14(19)16-12-6-4-5-11(10(12)2)13(17)18/h1,4-6H,7-9H2,2H3,(H,17,18)(H2,15,16,19). The molecule has 5 nitrogen and oxygen atoms in total. The minimum absolute atomic E-state index is 0.173. The molecule has 106 valence electrons. The van der Waals surface area contributed by atoms with Crippen molar-refractivity contribution in [1.82, 2.24) is 5.32 Å². The van der Waals surface area contributed by atoms with Crippen LogP contribution in [-0.2, 0) is 0 Å². The second-order valence-corrected chi connectivity index (χ2v) is 5.03. The van der Waals surface area contributed by atoms with Gasteiger partial charge in [-0.2, -0.15) is 0 Å². The van der Waals surface area contributed by atoms with Crippen LogP contribution in [0.3, 0.4) is 0 Å². The number of carboxylic acid groups (broad SMARTS) is 1. The molecule has 0 aromatic heterocycles. The average Bonchev–Trinajstić information content (AvgIpc) is 2.40. The van der Waals surface area contributed by atoms with Crippen molar-refractivity contribution in [3.05, 3.63) is 29.3 Å². The van der Waals surface area contributed by atoms with E-state index in [2.05, 4.69) is 16.6 Å². The monoisotopic (exact) mass is 292 g/mol. The summed E-state index contributed by atoms with van der Waals surface area (Å²) in [6.07, 6.45) is 5.11. The molecular weight excluding hydrogens is 276 g/mol. The number of carbonyl (C=O) groups excluding carboxylic acids is 1. The van der Waals surface area contributed by atoms with Gasteiger partial charge in [-0.25, -0.2) is 9.59 Å². The fourth-order valence-corrected chi connectivity index (χ4v) is 2.05. The Kier molecular flexibility index (Phi) is 6.47. The van der Waals surface area contributed by atoms with Crippen LogP contribution in [0.15, 0.2) is 18.2 Å². The SMILES string of the molecule is C#CCSCCNC(=O)Nc1cccc(C(=O)O)c1C. The molecule has 6 heteroatoms. The Hall–Kier alpha value is -2.13. The molecule has 0 heterocycles. The lowest BCUT2D eigenvalue weighted by atomic mass is 10.1. The predicted molar refractivity (Wildman–Crippen MR) is 81.3 cm³/mol. The van der Waals surface area contributed by atoms with Gasteiger partial charge in [-0.15, -0.1) is 18.2 Å². The highest BCUT2D eigenvalue weighted by Gasteiger charge is 2.11. The summed E-state index contributed by atoms with van der Waals surface area (Å²) in [4.78, 5) is 22.6. The highest BCUT2D eigenvalue weighted by Crippen LogP contribution is 2.18. The largest absolute Gasteiger partial charge is 0.478 e. The third kappa shape index (κ3) is 4.86. The zero-order valence-electron chi connectivity index (χ0n) is 11.1. The number of carboxylic acids is 1. The van der Waals surface area contributed by atoms with E-state index in [9.17, 15) is 9.59 Å². The molecule has 0 atom stereocenters. The van der Waals surface area contributed by atoms with Gasteiger partial charge in [-0.3, -0.25) is 0 Å². The number of thioether (sulfide) groups is 1. The highest BCUT2D eigenvalue weighted by atomic mass is 32.2. The summed E-state index contributed by atoms with van der Waals surface area (Å²) in [5.74, 6) is 2.82. The number of anilines is 1. The predicted octanol–water partition coefficient (Wildman–Crippen LogP) is 2.18. The first-order valence-corrected chi connectivity index (χ1v) is 7.10. The van der Waals surface area contributed by atoms with Crippen LogP contribution in [0.2, 0.25) is 0 Å². The van der Waals surface area contributed by atoms with Crippen molar-refractivity contribution in [2.75, 3.05) is 23.4 Å². The quantitative estimate of drug-likeness (QED) is 0.555. The van der Waals surface area contributed by atoms with Crippen LogP contribution in [0, 0.1) is 19.3 Å². The molecule has 0 spiro atoms. The average molecular weight is 292 g/mol. The Morgan fingerprint density at radius 1 is 1.45 bits per heavy atom. The lowest BCUT2D eigenvalue weighted by Gasteiger charge is -2.11. The van der Waals surface area contributed by atoms with Crippen molar-refractivity contribution in [1.29, 1.82) is 0 Å². The second-order valence-electron chi connectivity index (χ2n) is 3.92. The number of terminal acetylenes is 1. The molecule has 0 aliphatic carbocycles. The maximum absolute atomic E-state index is 11.7. The summed E-state index contributed by atoms with van der Waals surface area (Å²) in [5, 5.41) is 14.3. The number of amides is 2. The Bertz CT molecular complexity index is 538. The van der Waals surface area contributed by atoms with E-state index >= 15 is 0 Å². The zero-order chi connectivity index (χ0) is 15.0. The summed E-state index contributed by atoms with van der Waals surface area (Å²) < 4.78 is 0. The van der Waals surface area contributed by atoms with Gasteiger partial charge in [0.15, 0.2) is 0 Å². The van der Waals surface area contributed by atoms with Gasteiger partial charge in [0.2, 0.25) is 0 Å². The van der Waals surface area contributed by atoms with E-state index in [1.807, 2.05) is 0 Å². The van der Waals surface area contributed by atoms with Gasteiger partial charge >= 0.3 is 12.0 Å². The van der Waals surface area contributed by atoms with Gasteiger partial charge < -0.3 is 15.7 Å². The minimum atomic E-state index is -1.02. The molecule has 3 N–H and O–H groups in total. The molecular formula is C14H16N2O3S. The highest BCUT2D eigenvalue weighted by molar-refractivity contribution is 7.99. The number of hydrogen-bond acceptors (Lipinski definition) is 3. The number of benzene rings is 1. The number of aromatic carboxylic acids is 1. The molecule has 20 heavy (non-hydrogen) atoms. The van der Waals surface area contributed by atoms with Crippen LogP contribution in [0.4, 0.5) is 10.5 Å². The van der Waals surface area contributed by atoms with E-state index in [0.29, 0.717) is 23.5 Å². The molecule has 0 radical (unpaired) electrons. The van der Waals surface area contributed by atoms with Crippen LogP contribution in [0.5, 0.6) is 0 Å². The van der Waals surface area contributed by atoms with Gasteiger partial charge in [0.05, 0.1) is 11.3 Å². The molecule has 0 saturated heterocycles. The summed E-state index contributed by atoms with van der Waals surface area (Å²) in [5.41, 5.74) is 1.18. The maximum Gasteiger partial charge on any atom is 0.336 e. The van der Waals surface area contributed by atoms with Crippen molar-refractivity contribution in [3.8, 4) is 12.3 Å². The van der Waals surface area contributed by atoms with E-state index < -0.39 is 5.97 Å². The van der Waals surface area contributed by atoms with Crippen molar-refractivity contribution in [3.63, 3.8) is 0 Å². The lowest BCUT2D eigenvalue weighted by molar-refractivity contribution is 0.0696. The smallest absolute Gasteiger partial charge is 0.336 e. The van der Waals surface area contributed by atoms with Crippen LogP contribution in [-0.4, -0.2) is 35.2 Å². The summed E-state index contributed by atoms with van der Waals surface area (Å²) >= 11 is 1.55. The summed E-state index contributed by atoms with van der Waals surface area (Å²) in [6, 6.07) is 4.39. The molecule has 0 aliphatic rings. The first kappa shape index (κ1) is 15.9. The van der Waals surface area contributed by atoms with Gasteiger partial charge in [0.1, 0.15) is 0 Å². The Labute approximate surface area is 122 Å². The molecule has 0 fully saturated rings. The minimum Gasteiger partial charge on any atom is -0.478 e. The van der Waals surface area contributed by atoms with Gasteiger partial charge in [0.25, 0.3) is 0 Å². The molecule has 0 aliphatic heterocycles. The van der Waals surface area contributed by atoms with Gasteiger partial charge in [0, 0.05) is 18.0 Å². The number of carbonyl (C=O) groups is 2. The lowest BCUT2D eigenvalue weighted by Crippen LogP contribution is -2.31. The fourth-order valence-electron chi connectivity index (χ4n) is 1.54. The number of rotatable bonds is 6. The van der Waals surface area contributed by atoms with E-state index in [-0.39, 0.29) is 11.6 Å². The first-order chi connectivity index (χ1) is 9.56. The fraction of sp³-hybridized carbons (Fsp3) is 0.286. The van der Waals surface area contributed by atoms with Crippen LogP contribution in [0.25, 0.3) is 0 Å². The van der Waals surface area contributed by atoms with Gasteiger partial charge in [-0.1, -0.05) is 12.0 Å². The summed E-state index contributed by atoms with van der Waals surface area (Å²) in [7, 11) is 0. The van der Waals surface area contributed by atoms with E-state index in [4.69, 9.17) is 11.5 Å². The van der Waals surface area contributed by atoms with Crippen molar-refractivity contribution >= 4 is 29.4 Å². The Morgan fingerprint density at radius 3 is 2.85 bits per heavy atom. The van der Waals surface area contributed by atoms with Crippen LogP contribution < -0.4 is 10.6 Å². The maximum atomic E-state index is 11.7. The molecule has 2 amide bonds. The molecule has 1 rings (SSSR count). The molecule has 1 aromatic rings. The topological polar surface area (TPSA) is 78.4 Å². The Balaban J connectivity index is 2.52. The Morgan fingerprint density at radius 2 is 2.20 bits per heavy atom. The van der Waals surface area contributed by atoms with E-state index in [1.165, 1.54) is 6.07 Å². The van der Waals surface area contributed by atoms with Crippen molar-refractivity contribution < 1.29 is 14.7 Å².